The van der Waals surface area contributed by atoms with Gasteiger partial charge in [-0.05, 0) is 28.8 Å². The first-order chi connectivity index (χ1) is 11.1. The van der Waals surface area contributed by atoms with Gasteiger partial charge in [0.2, 0.25) is 0 Å². The molecule has 3 aromatic carbocycles. The molecule has 3 aromatic rings. The van der Waals surface area contributed by atoms with Crippen molar-refractivity contribution in [1.29, 1.82) is 0 Å². The summed E-state index contributed by atoms with van der Waals surface area (Å²) in [6, 6.07) is 21.5. The van der Waals surface area contributed by atoms with E-state index in [1.807, 2.05) is 6.07 Å². The highest BCUT2D eigenvalue weighted by Gasteiger charge is 2.09. The van der Waals surface area contributed by atoms with Crippen molar-refractivity contribution in [1.82, 2.24) is 5.32 Å². The molecule has 0 heterocycles. The van der Waals surface area contributed by atoms with Crippen LogP contribution in [0.1, 0.15) is 24.1 Å². The summed E-state index contributed by atoms with van der Waals surface area (Å²) in [5.74, 6) is 0. The van der Waals surface area contributed by atoms with Crippen LogP contribution < -0.4 is 5.32 Å². The fourth-order valence-corrected chi connectivity index (χ4v) is 2.74. The van der Waals surface area contributed by atoms with Gasteiger partial charge in [-0.1, -0.05) is 54.6 Å². The van der Waals surface area contributed by atoms with Gasteiger partial charge in [-0.25, -0.2) is 0 Å². The number of nitro groups is 1. The Kier molecular flexibility index (Phi) is 4.35. The summed E-state index contributed by atoms with van der Waals surface area (Å²) in [6.07, 6.45) is 0. The van der Waals surface area contributed by atoms with Crippen molar-refractivity contribution < 1.29 is 4.92 Å². The Hall–Kier alpha value is -2.72. The van der Waals surface area contributed by atoms with Crippen LogP contribution in [0.4, 0.5) is 5.69 Å². The second-order valence-corrected chi connectivity index (χ2v) is 5.59. The number of nitrogens with zero attached hydrogens (tertiary/aromatic N) is 1. The van der Waals surface area contributed by atoms with Crippen molar-refractivity contribution in [3.05, 3.63) is 88.0 Å². The first kappa shape index (κ1) is 15.2. The lowest BCUT2D eigenvalue weighted by atomic mass is 9.99. The van der Waals surface area contributed by atoms with Gasteiger partial charge in [-0.3, -0.25) is 10.1 Å². The van der Waals surface area contributed by atoms with E-state index < -0.39 is 0 Å². The maximum absolute atomic E-state index is 10.7. The molecule has 0 aromatic heterocycles. The van der Waals surface area contributed by atoms with E-state index in [9.17, 15) is 10.1 Å². The van der Waals surface area contributed by atoms with Crippen LogP contribution in [0.25, 0.3) is 10.8 Å². The van der Waals surface area contributed by atoms with Crippen LogP contribution in [0.15, 0.2) is 66.7 Å². The zero-order chi connectivity index (χ0) is 16.2. The van der Waals surface area contributed by atoms with Gasteiger partial charge < -0.3 is 5.32 Å². The molecule has 0 fully saturated rings. The molecule has 0 amide bonds. The number of nitro benzene ring substituents is 1. The van der Waals surface area contributed by atoms with Crippen molar-refractivity contribution in [3.8, 4) is 0 Å². The summed E-state index contributed by atoms with van der Waals surface area (Å²) in [5.41, 5.74) is 2.41. The van der Waals surface area contributed by atoms with Gasteiger partial charge in [-0.2, -0.15) is 0 Å². The lowest BCUT2D eigenvalue weighted by Crippen LogP contribution is -2.18. The predicted octanol–water partition coefficient (Wildman–Crippen LogP) is 4.60. The number of nitrogens with one attached hydrogen (secondary N) is 1. The maximum Gasteiger partial charge on any atom is 0.269 e. The van der Waals surface area contributed by atoms with Gasteiger partial charge in [0.15, 0.2) is 0 Å². The zero-order valence-corrected chi connectivity index (χ0v) is 12.9. The summed E-state index contributed by atoms with van der Waals surface area (Å²) in [6.45, 7) is 2.80. The van der Waals surface area contributed by atoms with Gasteiger partial charge in [0, 0.05) is 24.7 Å². The lowest BCUT2D eigenvalue weighted by molar-refractivity contribution is -0.384. The van der Waals surface area contributed by atoms with Crippen molar-refractivity contribution in [2.45, 2.75) is 19.5 Å². The topological polar surface area (TPSA) is 55.2 Å². The Balaban J connectivity index is 1.73. The van der Waals surface area contributed by atoms with Crippen molar-refractivity contribution >= 4 is 16.5 Å². The van der Waals surface area contributed by atoms with Crippen molar-refractivity contribution in [2.75, 3.05) is 0 Å². The molecule has 1 unspecified atom stereocenters. The lowest BCUT2D eigenvalue weighted by Gasteiger charge is -2.16. The molecule has 0 aliphatic rings. The second-order valence-electron chi connectivity index (χ2n) is 5.59. The SMILES string of the molecule is CC(NCc1ccc([N+](=O)[O-])cc1)c1cccc2ccccc12. The van der Waals surface area contributed by atoms with Crippen LogP contribution in [0.5, 0.6) is 0 Å². The predicted molar refractivity (Wildman–Crippen MR) is 92.3 cm³/mol. The Labute approximate surface area is 134 Å². The van der Waals surface area contributed by atoms with Crippen LogP contribution in [0, 0.1) is 10.1 Å². The van der Waals surface area contributed by atoms with Crippen molar-refractivity contribution in [3.63, 3.8) is 0 Å². The van der Waals surface area contributed by atoms with Gasteiger partial charge in [0.05, 0.1) is 4.92 Å². The number of fused-ring (bicyclic) bond motifs is 1. The molecular weight excluding hydrogens is 288 g/mol. The van der Waals surface area contributed by atoms with E-state index in [0.29, 0.717) is 6.54 Å². The fraction of sp³-hybridized carbons (Fsp3) is 0.158. The zero-order valence-electron chi connectivity index (χ0n) is 12.9. The number of hydrogen-bond acceptors (Lipinski definition) is 3. The minimum Gasteiger partial charge on any atom is -0.306 e. The standard InChI is InChI=1S/C19H18N2O2/c1-14(18-8-4-6-16-5-2-3-7-19(16)18)20-13-15-9-11-17(12-10-15)21(22)23/h2-12,14,20H,13H2,1H3. The van der Waals surface area contributed by atoms with E-state index in [4.69, 9.17) is 0 Å². The maximum atomic E-state index is 10.7. The fourth-order valence-electron chi connectivity index (χ4n) is 2.74. The van der Waals surface area contributed by atoms with E-state index >= 15 is 0 Å². The Morgan fingerprint density at radius 3 is 2.43 bits per heavy atom. The summed E-state index contributed by atoms with van der Waals surface area (Å²) in [4.78, 5) is 10.3. The average molecular weight is 306 g/mol. The molecule has 0 saturated carbocycles. The molecule has 0 radical (unpaired) electrons. The molecule has 23 heavy (non-hydrogen) atoms. The van der Waals surface area contributed by atoms with Gasteiger partial charge in [0.25, 0.3) is 5.69 Å². The molecule has 0 bridgehead atoms. The van der Waals surface area contributed by atoms with Crippen LogP contribution in [0.2, 0.25) is 0 Å². The Morgan fingerprint density at radius 2 is 1.70 bits per heavy atom. The Morgan fingerprint density at radius 1 is 1.00 bits per heavy atom. The third-order valence-electron chi connectivity index (χ3n) is 4.05. The first-order valence-corrected chi connectivity index (χ1v) is 7.59. The smallest absolute Gasteiger partial charge is 0.269 e. The van der Waals surface area contributed by atoms with Crippen LogP contribution in [-0.4, -0.2) is 4.92 Å². The molecule has 1 N–H and O–H groups in total. The molecule has 1 atom stereocenters. The molecule has 0 aliphatic carbocycles. The molecule has 0 saturated heterocycles. The molecule has 4 nitrogen and oxygen atoms in total. The molecule has 3 rings (SSSR count). The molecule has 0 aliphatic heterocycles. The van der Waals surface area contributed by atoms with Crippen LogP contribution in [-0.2, 0) is 6.54 Å². The third-order valence-corrected chi connectivity index (χ3v) is 4.05. The van der Waals surface area contributed by atoms with E-state index in [2.05, 4.69) is 48.6 Å². The first-order valence-electron chi connectivity index (χ1n) is 7.59. The minimum absolute atomic E-state index is 0.121. The van der Waals surface area contributed by atoms with Crippen molar-refractivity contribution in [2.24, 2.45) is 0 Å². The molecule has 0 spiro atoms. The summed E-state index contributed by atoms with van der Waals surface area (Å²) in [5, 5.41) is 16.6. The quantitative estimate of drug-likeness (QED) is 0.553. The largest absolute Gasteiger partial charge is 0.306 e. The summed E-state index contributed by atoms with van der Waals surface area (Å²) >= 11 is 0. The highest BCUT2D eigenvalue weighted by atomic mass is 16.6. The van der Waals surface area contributed by atoms with Crippen LogP contribution >= 0.6 is 0 Å². The number of rotatable bonds is 5. The van der Waals surface area contributed by atoms with Crippen LogP contribution in [0.3, 0.4) is 0 Å². The highest BCUT2D eigenvalue weighted by molar-refractivity contribution is 5.86. The van der Waals surface area contributed by atoms with E-state index in [0.717, 1.165) is 5.56 Å². The number of non-ortho nitro benzene ring substituents is 1. The second kappa shape index (κ2) is 6.58. The number of hydrogen-bond donors (Lipinski definition) is 1. The molecular formula is C19H18N2O2. The van der Waals surface area contributed by atoms with E-state index in [-0.39, 0.29) is 16.7 Å². The summed E-state index contributed by atoms with van der Waals surface area (Å²) in [7, 11) is 0. The molecule has 116 valence electrons. The number of benzene rings is 3. The van der Waals surface area contributed by atoms with Gasteiger partial charge in [-0.15, -0.1) is 0 Å². The third kappa shape index (κ3) is 3.38. The average Bonchev–Trinajstić information content (AvgIpc) is 2.59. The van der Waals surface area contributed by atoms with Gasteiger partial charge in [0.1, 0.15) is 0 Å². The minimum atomic E-state index is -0.379. The monoisotopic (exact) mass is 306 g/mol. The highest BCUT2D eigenvalue weighted by Crippen LogP contribution is 2.24. The summed E-state index contributed by atoms with van der Waals surface area (Å²) < 4.78 is 0. The van der Waals surface area contributed by atoms with E-state index in [1.165, 1.54) is 16.3 Å². The normalized spacial score (nSPS) is 12.2. The Bertz CT molecular complexity index is 823. The molecule has 4 heteroatoms. The van der Waals surface area contributed by atoms with Gasteiger partial charge >= 0.3 is 0 Å². The van der Waals surface area contributed by atoms with E-state index in [1.54, 1.807) is 24.3 Å².